The summed E-state index contributed by atoms with van der Waals surface area (Å²) in [6.45, 7) is 1.43. The number of aryl methyl sites for hydroxylation is 1. The van der Waals surface area contributed by atoms with E-state index in [1.54, 1.807) is 11.9 Å². The Balaban J connectivity index is 0.00000300. The number of aromatic amines is 1. The molecule has 0 spiro atoms. The number of carbonyl (C=O) groups is 1. The van der Waals surface area contributed by atoms with Gasteiger partial charge in [0.25, 0.3) is 0 Å². The minimum Gasteiger partial charge on any atom is -0.356 e. The predicted molar refractivity (Wildman–Crippen MR) is 129 cm³/mol. The predicted octanol–water partition coefficient (Wildman–Crippen LogP) is 2.93. The second kappa shape index (κ2) is 10.8. The molecule has 0 aliphatic heterocycles. The molecule has 1 aliphatic rings. The first-order valence-electron chi connectivity index (χ1n) is 10.1. The largest absolute Gasteiger partial charge is 0.356 e. The summed E-state index contributed by atoms with van der Waals surface area (Å²) in [4.78, 5) is 26.7. The lowest BCUT2D eigenvalue weighted by Gasteiger charge is -2.31. The zero-order chi connectivity index (χ0) is 20.0. The quantitative estimate of drug-likeness (QED) is 0.231. The summed E-state index contributed by atoms with van der Waals surface area (Å²) in [7, 11) is 5.45. The molecular formula is C21H33IN6O. The van der Waals surface area contributed by atoms with Crippen molar-refractivity contribution in [3.05, 3.63) is 30.1 Å². The number of nitrogens with zero attached hydrogens (tertiary/aromatic N) is 3. The maximum absolute atomic E-state index is 12.7. The fraction of sp³-hybridized carbons (Fsp3) is 0.571. The molecule has 1 fully saturated rings. The number of hydrogen-bond donors (Lipinski definition) is 3. The van der Waals surface area contributed by atoms with Crippen molar-refractivity contribution in [2.24, 2.45) is 10.4 Å². The summed E-state index contributed by atoms with van der Waals surface area (Å²) in [6, 6.07) is 8.08. The Labute approximate surface area is 190 Å². The minimum atomic E-state index is -0.296. The van der Waals surface area contributed by atoms with Gasteiger partial charge in [-0.2, -0.15) is 0 Å². The third-order valence-electron chi connectivity index (χ3n) is 5.56. The fourth-order valence-electron chi connectivity index (χ4n) is 4.05. The summed E-state index contributed by atoms with van der Waals surface area (Å²) in [5.74, 6) is 1.98. The van der Waals surface area contributed by atoms with Crippen LogP contribution >= 0.6 is 24.0 Å². The molecule has 3 N–H and O–H groups in total. The molecule has 0 atom stereocenters. The van der Waals surface area contributed by atoms with Crippen molar-refractivity contribution < 1.29 is 4.79 Å². The van der Waals surface area contributed by atoms with Crippen LogP contribution in [-0.4, -0.2) is 61.0 Å². The van der Waals surface area contributed by atoms with Crippen LogP contribution in [0.4, 0.5) is 0 Å². The number of aromatic nitrogens is 2. The standard InChI is InChI=1S/C21H32N6O.HI/c1-22-20(24-15-21(12-6-7-13-21)19(28)27(2)3)23-14-8-11-18-25-16-9-4-5-10-17(16)26-18;/h4-5,9-10H,6-8,11-15H2,1-3H3,(H,25,26)(H2,22,23,24);1H. The van der Waals surface area contributed by atoms with Gasteiger partial charge < -0.3 is 20.5 Å². The minimum absolute atomic E-state index is 0. The number of hydrogen-bond acceptors (Lipinski definition) is 3. The molecule has 0 radical (unpaired) electrons. The maximum Gasteiger partial charge on any atom is 0.230 e. The molecule has 1 saturated carbocycles. The van der Waals surface area contributed by atoms with Gasteiger partial charge in [0.05, 0.1) is 16.4 Å². The molecule has 0 saturated heterocycles. The van der Waals surface area contributed by atoms with Crippen LogP contribution in [0.2, 0.25) is 0 Å². The highest BCUT2D eigenvalue weighted by Gasteiger charge is 2.42. The van der Waals surface area contributed by atoms with Crippen LogP contribution in [0.3, 0.4) is 0 Å². The van der Waals surface area contributed by atoms with E-state index in [4.69, 9.17) is 0 Å². The molecule has 2 aromatic rings. The number of fused-ring (bicyclic) bond motifs is 1. The highest BCUT2D eigenvalue weighted by Crippen LogP contribution is 2.38. The van der Waals surface area contributed by atoms with Gasteiger partial charge in [-0.05, 0) is 31.4 Å². The van der Waals surface area contributed by atoms with Gasteiger partial charge in [-0.25, -0.2) is 4.98 Å². The third kappa shape index (κ3) is 5.83. The average molecular weight is 512 g/mol. The molecule has 1 heterocycles. The number of aliphatic imine (C=N–C) groups is 1. The lowest BCUT2D eigenvalue weighted by Crippen LogP contribution is -2.49. The second-order valence-corrected chi connectivity index (χ2v) is 7.84. The molecule has 1 aromatic carbocycles. The number of carbonyl (C=O) groups excluding carboxylic acids is 1. The Kier molecular flexibility index (Phi) is 8.73. The fourth-order valence-corrected chi connectivity index (χ4v) is 4.05. The van der Waals surface area contributed by atoms with E-state index < -0.39 is 0 Å². The van der Waals surface area contributed by atoms with Crippen LogP contribution in [0.25, 0.3) is 11.0 Å². The number of imidazole rings is 1. The first kappa shape index (κ1) is 23.4. The molecule has 7 nitrogen and oxygen atoms in total. The van der Waals surface area contributed by atoms with E-state index in [0.717, 1.165) is 67.9 Å². The highest BCUT2D eigenvalue weighted by atomic mass is 127. The number of para-hydroxylation sites is 2. The van der Waals surface area contributed by atoms with Crippen LogP contribution in [0.15, 0.2) is 29.3 Å². The van der Waals surface area contributed by atoms with Crippen molar-refractivity contribution in [1.29, 1.82) is 0 Å². The van der Waals surface area contributed by atoms with Crippen molar-refractivity contribution >= 4 is 46.9 Å². The number of benzene rings is 1. The number of H-pyrrole nitrogens is 1. The smallest absolute Gasteiger partial charge is 0.230 e. The Bertz CT molecular complexity index is 792. The zero-order valence-electron chi connectivity index (χ0n) is 17.6. The van der Waals surface area contributed by atoms with E-state index in [0.29, 0.717) is 6.54 Å². The van der Waals surface area contributed by atoms with Crippen molar-refractivity contribution in [3.63, 3.8) is 0 Å². The zero-order valence-corrected chi connectivity index (χ0v) is 20.0. The van der Waals surface area contributed by atoms with Crippen molar-refractivity contribution in [3.8, 4) is 0 Å². The lowest BCUT2D eigenvalue weighted by atomic mass is 9.84. The van der Waals surface area contributed by atoms with Gasteiger partial charge in [0.15, 0.2) is 5.96 Å². The third-order valence-corrected chi connectivity index (χ3v) is 5.56. The normalized spacial score (nSPS) is 15.8. The number of halogens is 1. The van der Waals surface area contributed by atoms with E-state index in [-0.39, 0.29) is 35.3 Å². The van der Waals surface area contributed by atoms with E-state index in [1.165, 1.54) is 0 Å². The monoisotopic (exact) mass is 512 g/mol. The summed E-state index contributed by atoms with van der Waals surface area (Å²) in [6.07, 6.45) is 5.94. The molecule has 1 aromatic heterocycles. The van der Waals surface area contributed by atoms with Crippen LogP contribution in [0.5, 0.6) is 0 Å². The Morgan fingerprint density at radius 1 is 1.24 bits per heavy atom. The van der Waals surface area contributed by atoms with Crippen molar-refractivity contribution in [2.45, 2.75) is 38.5 Å². The van der Waals surface area contributed by atoms with Crippen LogP contribution in [-0.2, 0) is 11.2 Å². The number of nitrogens with one attached hydrogen (secondary N) is 3. The topological polar surface area (TPSA) is 85.4 Å². The maximum atomic E-state index is 12.7. The summed E-state index contributed by atoms with van der Waals surface area (Å²) in [5.41, 5.74) is 1.79. The SMILES string of the molecule is CN=C(NCCCc1nc2ccccc2[nH]1)NCC1(C(=O)N(C)C)CCCC1.I. The molecule has 160 valence electrons. The van der Waals surface area contributed by atoms with Gasteiger partial charge in [-0.3, -0.25) is 9.79 Å². The summed E-state index contributed by atoms with van der Waals surface area (Å²) < 4.78 is 0. The molecular weight excluding hydrogens is 479 g/mol. The highest BCUT2D eigenvalue weighted by molar-refractivity contribution is 14.0. The van der Waals surface area contributed by atoms with Crippen molar-refractivity contribution in [1.82, 2.24) is 25.5 Å². The molecule has 8 heteroatoms. The van der Waals surface area contributed by atoms with E-state index in [2.05, 4.69) is 25.6 Å². The van der Waals surface area contributed by atoms with E-state index in [1.807, 2.05) is 38.4 Å². The Morgan fingerprint density at radius 2 is 1.97 bits per heavy atom. The van der Waals surface area contributed by atoms with Crippen molar-refractivity contribution in [2.75, 3.05) is 34.2 Å². The molecule has 1 amide bonds. The van der Waals surface area contributed by atoms with Crippen LogP contribution in [0, 0.1) is 5.41 Å². The molecule has 1 aliphatic carbocycles. The van der Waals surface area contributed by atoms with E-state index >= 15 is 0 Å². The van der Waals surface area contributed by atoms with Crippen LogP contribution in [0.1, 0.15) is 37.9 Å². The van der Waals surface area contributed by atoms with Gasteiger partial charge in [-0.1, -0.05) is 25.0 Å². The second-order valence-electron chi connectivity index (χ2n) is 7.84. The summed E-state index contributed by atoms with van der Waals surface area (Å²) >= 11 is 0. The average Bonchev–Trinajstić information content (AvgIpc) is 3.34. The van der Waals surface area contributed by atoms with Gasteiger partial charge in [-0.15, -0.1) is 24.0 Å². The Hall–Kier alpha value is -1.84. The first-order valence-corrected chi connectivity index (χ1v) is 10.1. The first-order chi connectivity index (χ1) is 13.5. The van der Waals surface area contributed by atoms with Crippen LogP contribution < -0.4 is 10.6 Å². The number of amides is 1. The van der Waals surface area contributed by atoms with Gasteiger partial charge in [0, 0.05) is 40.7 Å². The van der Waals surface area contributed by atoms with E-state index in [9.17, 15) is 4.79 Å². The summed E-state index contributed by atoms with van der Waals surface area (Å²) in [5, 5.41) is 6.73. The van der Waals surface area contributed by atoms with Gasteiger partial charge in [0.2, 0.25) is 5.91 Å². The van der Waals surface area contributed by atoms with Gasteiger partial charge >= 0.3 is 0 Å². The van der Waals surface area contributed by atoms with Gasteiger partial charge in [0.1, 0.15) is 5.82 Å². The molecule has 3 rings (SSSR count). The Morgan fingerprint density at radius 3 is 2.62 bits per heavy atom. The molecule has 0 bridgehead atoms. The number of guanidine groups is 1. The lowest BCUT2D eigenvalue weighted by molar-refractivity contribution is -0.138. The molecule has 0 unspecified atom stereocenters. The number of rotatable bonds is 7. The molecule has 29 heavy (non-hydrogen) atoms.